The van der Waals surface area contributed by atoms with Gasteiger partial charge < -0.3 is 19.4 Å². The number of amides is 2. The fourth-order valence-corrected chi connectivity index (χ4v) is 8.71. The van der Waals surface area contributed by atoms with Crippen LogP contribution in [0.4, 0.5) is 9.59 Å². The number of H-pyrrole nitrogens is 2. The number of hydrogen-bond donors (Lipinski definition) is 2. The topological polar surface area (TPSA) is 116 Å². The molecular weight excluding hydrogens is 640 g/mol. The van der Waals surface area contributed by atoms with E-state index >= 15 is 0 Å². The first-order valence-electron chi connectivity index (χ1n) is 18.7. The number of aromatic nitrogens is 4. The number of hydrogen-bond acceptors (Lipinski definition) is 6. The van der Waals surface area contributed by atoms with Crippen molar-refractivity contribution in [1.82, 2.24) is 29.7 Å². The Hall–Kier alpha value is -4.60. The highest BCUT2D eigenvalue weighted by molar-refractivity contribution is 5.76. The Morgan fingerprint density at radius 3 is 1.94 bits per heavy atom. The quantitative estimate of drug-likeness (QED) is 0.222. The summed E-state index contributed by atoms with van der Waals surface area (Å²) in [6, 6.07) is 15.7. The van der Waals surface area contributed by atoms with Gasteiger partial charge in [0.2, 0.25) is 0 Å². The van der Waals surface area contributed by atoms with Crippen molar-refractivity contribution in [3.63, 3.8) is 0 Å². The number of nitrogens with one attached hydrogen (secondary N) is 2. The lowest BCUT2D eigenvalue weighted by Crippen LogP contribution is -2.38. The van der Waals surface area contributed by atoms with Crippen LogP contribution in [0.15, 0.2) is 48.7 Å². The van der Waals surface area contributed by atoms with E-state index in [2.05, 4.69) is 52.4 Å². The Morgan fingerprint density at radius 1 is 0.725 bits per heavy atom. The van der Waals surface area contributed by atoms with Crippen molar-refractivity contribution in [2.24, 2.45) is 11.8 Å². The van der Waals surface area contributed by atoms with E-state index in [0.717, 1.165) is 84.8 Å². The number of benzene rings is 2. The van der Waals surface area contributed by atoms with Gasteiger partial charge in [-0.25, -0.2) is 19.6 Å². The van der Waals surface area contributed by atoms with Gasteiger partial charge in [-0.05, 0) is 121 Å². The molecule has 0 bridgehead atoms. The molecule has 10 nitrogen and oxygen atoms in total. The molecule has 2 aromatic heterocycles. The fourth-order valence-electron chi connectivity index (χ4n) is 8.71. The molecule has 0 spiro atoms. The molecule has 6 atom stereocenters. The average molecular weight is 689 g/mol. The summed E-state index contributed by atoms with van der Waals surface area (Å²) in [4.78, 5) is 47.3. The highest BCUT2D eigenvalue weighted by Crippen LogP contribution is 2.55. The number of aromatic amines is 2. The van der Waals surface area contributed by atoms with Crippen LogP contribution in [-0.4, -0.2) is 65.2 Å². The van der Waals surface area contributed by atoms with Crippen LogP contribution in [0.2, 0.25) is 0 Å². The van der Waals surface area contributed by atoms with Crippen molar-refractivity contribution in [2.75, 3.05) is 0 Å². The van der Waals surface area contributed by atoms with Crippen LogP contribution in [0.5, 0.6) is 0 Å². The molecule has 0 radical (unpaired) electrons. The third-order valence-corrected chi connectivity index (χ3v) is 11.2. The van der Waals surface area contributed by atoms with E-state index in [9.17, 15) is 9.59 Å². The molecule has 2 aliphatic heterocycles. The van der Waals surface area contributed by atoms with Crippen molar-refractivity contribution < 1.29 is 19.1 Å². The number of imidazole rings is 2. The van der Waals surface area contributed by atoms with E-state index < -0.39 is 11.2 Å². The monoisotopic (exact) mass is 688 g/mol. The summed E-state index contributed by atoms with van der Waals surface area (Å²) in [6.07, 6.45) is 8.30. The van der Waals surface area contributed by atoms with Crippen LogP contribution in [0.3, 0.4) is 0 Å². The predicted molar refractivity (Wildman–Crippen MR) is 194 cm³/mol. The highest BCUT2D eigenvalue weighted by Gasteiger charge is 2.57. The van der Waals surface area contributed by atoms with Gasteiger partial charge in [-0.2, -0.15) is 0 Å². The Balaban J connectivity index is 0.926. The van der Waals surface area contributed by atoms with E-state index in [1.54, 1.807) is 0 Å². The highest BCUT2D eigenvalue weighted by atomic mass is 16.6. The summed E-state index contributed by atoms with van der Waals surface area (Å²) in [5.74, 6) is 2.78. The molecule has 51 heavy (non-hydrogen) atoms. The maximum atomic E-state index is 13.2. The second kappa shape index (κ2) is 11.5. The van der Waals surface area contributed by atoms with Crippen LogP contribution in [-0.2, 0) is 22.3 Å². The molecule has 2 saturated heterocycles. The zero-order valence-corrected chi connectivity index (χ0v) is 30.5. The van der Waals surface area contributed by atoms with Gasteiger partial charge in [0, 0.05) is 23.3 Å². The van der Waals surface area contributed by atoms with Gasteiger partial charge in [0.25, 0.3) is 0 Å². The second-order valence-electron chi connectivity index (χ2n) is 17.3. The van der Waals surface area contributed by atoms with Gasteiger partial charge in [-0.1, -0.05) is 42.5 Å². The van der Waals surface area contributed by atoms with Crippen LogP contribution < -0.4 is 0 Å². The molecule has 5 aliphatic rings. The van der Waals surface area contributed by atoms with E-state index in [0.29, 0.717) is 11.8 Å². The van der Waals surface area contributed by atoms with E-state index in [1.807, 2.05) is 57.5 Å². The number of piperidine rings is 2. The second-order valence-corrected chi connectivity index (χ2v) is 17.3. The third-order valence-electron chi connectivity index (χ3n) is 11.2. The lowest BCUT2D eigenvalue weighted by Gasteiger charge is -2.29. The summed E-state index contributed by atoms with van der Waals surface area (Å²) in [5.41, 5.74) is 7.91. The van der Waals surface area contributed by atoms with E-state index in [4.69, 9.17) is 19.4 Å². The van der Waals surface area contributed by atoms with Gasteiger partial charge in [0.15, 0.2) is 0 Å². The third kappa shape index (κ3) is 6.00. The molecule has 2 N–H and O–H groups in total. The summed E-state index contributed by atoms with van der Waals surface area (Å²) < 4.78 is 11.6. The lowest BCUT2D eigenvalue weighted by atomic mass is 9.95. The summed E-state index contributed by atoms with van der Waals surface area (Å²) in [7, 11) is 0. The molecule has 10 heteroatoms. The molecule has 0 unspecified atom stereocenters. The first-order valence-corrected chi connectivity index (χ1v) is 18.7. The van der Waals surface area contributed by atoms with Crippen LogP contribution in [0.25, 0.3) is 33.6 Å². The van der Waals surface area contributed by atoms with Crippen molar-refractivity contribution in [3.05, 3.63) is 71.6 Å². The van der Waals surface area contributed by atoms with Gasteiger partial charge in [0.05, 0.1) is 29.7 Å². The van der Waals surface area contributed by atoms with Gasteiger partial charge in [-0.3, -0.25) is 9.80 Å². The number of fused-ring (bicyclic) bond motifs is 5. The molecule has 266 valence electrons. The normalized spacial score (nSPS) is 26.2. The molecule has 3 aliphatic carbocycles. The zero-order valence-electron chi connectivity index (χ0n) is 30.5. The molecule has 4 fully saturated rings. The number of ether oxygens (including phenoxy) is 2. The summed E-state index contributed by atoms with van der Waals surface area (Å²) >= 11 is 0. The molecule has 9 rings (SSSR count). The van der Waals surface area contributed by atoms with Crippen molar-refractivity contribution in [2.45, 2.75) is 122 Å². The lowest BCUT2D eigenvalue weighted by molar-refractivity contribution is 0.0164. The van der Waals surface area contributed by atoms with Crippen molar-refractivity contribution in [3.8, 4) is 33.6 Å². The smallest absolute Gasteiger partial charge is 0.411 e. The molecule has 2 saturated carbocycles. The molecule has 2 amide bonds. The first-order chi connectivity index (χ1) is 24.3. The molecular formula is C41H48N6O4. The van der Waals surface area contributed by atoms with E-state index in [1.165, 1.54) is 16.7 Å². The molecule has 2 aromatic carbocycles. The van der Waals surface area contributed by atoms with Crippen LogP contribution in [0, 0.1) is 11.8 Å². The minimum absolute atomic E-state index is 0.0737. The number of aryl methyl sites for hydroxylation is 2. The maximum absolute atomic E-state index is 13.2. The minimum Gasteiger partial charge on any atom is -0.444 e. The number of likely N-dealkylation sites (tertiary alicyclic amines) is 2. The fraction of sp³-hybridized carbons (Fsp3) is 0.512. The number of carbonyl (C=O) groups is 2. The molecule has 4 aromatic rings. The predicted octanol–water partition coefficient (Wildman–Crippen LogP) is 8.76. The summed E-state index contributed by atoms with van der Waals surface area (Å²) in [5, 5.41) is 0. The summed E-state index contributed by atoms with van der Waals surface area (Å²) in [6.45, 7) is 11.5. The van der Waals surface area contributed by atoms with Crippen molar-refractivity contribution >= 4 is 12.2 Å². The standard InChI is InChI=1S/C41H48N6O4/c1-40(2,3)50-38(48)46-31-17-26(31)19-33(46)36-42-21-30(44-36)23-12-10-22(11-13-23)24-14-15-28-25(16-24)8-7-9-29-35(28)45-37(43-29)34-20-27-18-32(27)47(34)39(49)51-41(4,5)6/h10-16,21,26-27,31-34H,7-9,17-20H2,1-6H3,(H,42,44)(H,43,45)/t26-,27-,31-,32-,33+,34+/m1/s1. The van der Waals surface area contributed by atoms with Crippen LogP contribution in [0.1, 0.15) is 109 Å². The maximum Gasteiger partial charge on any atom is 0.411 e. The Labute approximate surface area is 299 Å². The average Bonchev–Trinajstić information content (AvgIpc) is 3.72. The van der Waals surface area contributed by atoms with Crippen LogP contribution >= 0.6 is 0 Å². The Bertz CT molecular complexity index is 2020. The Kier molecular flexibility index (Phi) is 7.26. The number of rotatable bonds is 4. The van der Waals surface area contributed by atoms with Gasteiger partial charge in [-0.15, -0.1) is 0 Å². The molecule has 4 heterocycles. The zero-order chi connectivity index (χ0) is 35.4. The number of nitrogens with zero attached hydrogens (tertiary/aromatic N) is 4. The number of carbonyl (C=O) groups excluding carboxylic acids is 2. The van der Waals surface area contributed by atoms with Crippen molar-refractivity contribution in [1.29, 1.82) is 0 Å². The first kappa shape index (κ1) is 32.3. The van der Waals surface area contributed by atoms with Gasteiger partial charge in [0.1, 0.15) is 22.9 Å². The largest absolute Gasteiger partial charge is 0.444 e. The minimum atomic E-state index is -0.532. The van der Waals surface area contributed by atoms with Gasteiger partial charge >= 0.3 is 12.2 Å². The van der Waals surface area contributed by atoms with E-state index in [-0.39, 0.29) is 36.4 Å². The SMILES string of the molecule is CC(C)(C)OC(=O)N1[C@@H]2C[C@@H]2C[C@H]1c1ncc(-c2ccc(-c3ccc4c(c3)CCCc3[nH]c([C@@H]5C[C@H]6C[C@H]6N5C(=O)OC(C)(C)C)nc3-4)cc2)[nH]1. The Morgan fingerprint density at radius 2 is 1.31 bits per heavy atom.